The van der Waals surface area contributed by atoms with Crippen molar-refractivity contribution < 1.29 is 9.13 Å². The monoisotopic (exact) mass is 351 g/mol. The van der Waals surface area contributed by atoms with Gasteiger partial charge in [0.2, 0.25) is 0 Å². The average molecular weight is 352 g/mol. The van der Waals surface area contributed by atoms with Crippen molar-refractivity contribution in [3.8, 4) is 11.5 Å². The van der Waals surface area contributed by atoms with Gasteiger partial charge in [0.25, 0.3) is 0 Å². The van der Waals surface area contributed by atoms with Crippen LogP contribution in [-0.4, -0.2) is 6.04 Å². The third-order valence-electron chi connectivity index (χ3n) is 3.03. The van der Waals surface area contributed by atoms with Crippen LogP contribution < -0.4 is 10.1 Å². The summed E-state index contributed by atoms with van der Waals surface area (Å²) < 4.78 is 20.6. The van der Waals surface area contributed by atoms with Crippen LogP contribution in [0.1, 0.15) is 25.0 Å². The maximum atomic E-state index is 13.8. The van der Waals surface area contributed by atoms with E-state index in [1.54, 1.807) is 12.1 Å². The Hall–Kier alpha value is -1.39. The molecule has 0 atom stereocenters. The molecule has 0 spiro atoms. The molecule has 0 radical (unpaired) electrons. The van der Waals surface area contributed by atoms with Crippen LogP contribution in [0, 0.1) is 12.7 Å². The summed E-state index contributed by atoms with van der Waals surface area (Å²) in [7, 11) is 0. The molecule has 2 rings (SSSR count). The molecule has 2 nitrogen and oxygen atoms in total. The van der Waals surface area contributed by atoms with Gasteiger partial charge in [-0.15, -0.1) is 0 Å². The lowest BCUT2D eigenvalue weighted by Gasteiger charge is -2.14. The van der Waals surface area contributed by atoms with Crippen LogP contribution in [0.4, 0.5) is 4.39 Å². The van der Waals surface area contributed by atoms with Crippen molar-refractivity contribution in [3.63, 3.8) is 0 Å². The quantitative estimate of drug-likeness (QED) is 0.800. The van der Waals surface area contributed by atoms with Crippen molar-refractivity contribution >= 4 is 15.9 Å². The molecule has 0 bridgehead atoms. The summed E-state index contributed by atoms with van der Waals surface area (Å²) in [5.74, 6) is 0.560. The molecule has 21 heavy (non-hydrogen) atoms. The number of nitrogens with one attached hydrogen (secondary N) is 1. The van der Waals surface area contributed by atoms with E-state index in [2.05, 4.69) is 35.1 Å². The highest BCUT2D eigenvalue weighted by atomic mass is 79.9. The Morgan fingerprint density at radius 2 is 1.90 bits per heavy atom. The predicted molar refractivity (Wildman–Crippen MR) is 87.3 cm³/mol. The number of hydrogen-bond acceptors (Lipinski definition) is 2. The topological polar surface area (TPSA) is 21.3 Å². The lowest BCUT2D eigenvalue weighted by atomic mass is 10.2. The summed E-state index contributed by atoms with van der Waals surface area (Å²) >= 11 is 3.46. The molecule has 1 N–H and O–H groups in total. The van der Waals surface area contributed by atoms with E-state index in [1.165, 1.54) is 6.07 Å². The van der Waals surface area contributed by atoms with Crippen molar-refractivity contribution in [1.29, 1.82) is 0 Å². The largest absolute Gasteiger partial charge is 0.454 e. The highest BCUT2D eigenvalue weighted by Crippen LogP contribution is 2.30. The molecule has 0 aliphatic rings. The Morgan fingerprint density at radius 1 is 1.14 bits per heavy atom. The number of rotatable bonds is 5. The molecule has 0 saturated heterocycles. The molecule has 0 saturated carbocycles. The van der Waals surface area contributed by atoms with Crippen LogP contribution in [-0.2, 0) is 6.54 Å². The summed E-state index contributed by atoms with van der Waals surface area (Å²) in [6.07, 6.45) is 0. The molecule has 2 aromatic carbocycles. The van der Waals surface area contributed by atoms with Crippen molar-refractivity contribution in [2.45, 2.75) is 33.4 Å². The number of benzene rings is 2. The van der Waals surface area contributed by atoms with E-state index in [4.69, 9.17) is 4.74 Å². The fourth-order valence-corrected chi connectivity index (χ4v) is 2.32. The smallest absolute Gasteiger partial charge is 0.165 e. The van der Waals surface area contributed by atoms with Gasteiger partial charge in [-0.3, -0.25) is 0 Å². The number of ether oxygens (including phenoxy) is 1. The molecule has 0 fully saturated rings. The van der Waals surface area contributed by atoms with Crippen LogP contribution in [0.15, 0.2) is 40.9 Å². The molecule has 4 heteroatoms. The molecule has 0 unspecified atom stereocenters. The van der Waals surface area contributed by atoms with E-state index in [0.717, 1.165) is 15.6 Å². The zero-order chi connectivity index (χ0) is 15.4. The van der Waals surface area contributed by atoms with Crippen LogP contribution in [0.3, 0.4) is 0 Å². The van der Waals surface area contributed by atoms with Crippen LogP contribution in [0.25, 0.3) is 0 Å². The van der Waals surface area contributed by atoms with Crippen molar-refractivity contribution in [2.24, 2.45) is 0 Å². The third-order valence-corrected chi connectivity index (χ3v) is 3.52. The van der Waals surface area contributed by atoms with E-state index in [-0.39, 0.29) is 11.6 Å². The summed E-state index contributed by atoms with van der Waals surface area (Å²) in [4.78, 5) is 0. The fraction of sp³-hybridized carbons (Fsp3) is 0.294. The van der Waals surface area contributed by atoms with Crippen LogP contribution in [0.5, 0.6) is 11.5 Å². The number of aryl methyl sites for hydroxylation is 1. The Kier molecular flexibility index (Phi) is 5.37. The summed E-state index contributed by atoms with van der Waals surface area (Å²) in [6.45, 7) is 6.74. The first kappa shape index (κ1) is 16.0. The van der Waals surface area contributed by atoms with Gasteiger partial charge in [0.15, 0.2) is 11.6 Å². The second kappa shape index (κ2) is 7.05. The molecule has 112 valence electrons. The standard InChI is InChI=1S/C17H19BrFNO/c1-11(2)20-10-13-9-14(18)5-7-16(13)21-17-8-12(3)4-6-15(17)19/h4-9,11,20H,10H2,1-3H3. The predicted octanol–water partition coefficient (Wildman–Crippen LogP) is 5.19. The molecule has 0 aliphatic heterocycles. The molecular weight excluding hydrogens is 333 g/mol. The fourth-order valence-electron chi connectivity index (χ4n) is 1.91. The minimum absolute atomic E-state index is 0.253. The van der Waals surface area contributed by atoms with Crippen molar-refractivity contribution in [1.82, 2.24) is 5.32 Å². The highest BCUT2D eigenvalue weighted by molar-refractivity contribution is 9.10. The van der Waals surface area contributed by atoms with Crippen LogP contribution >= 0.6 is 15.9 Å². The first-order valence-corrected chi connectivity index (χ1v) is 7.71. The van der Waals surface area contributed by atoms with Gasteiger partial charge in [-0.25, -0.2) is 4.39 Å². The summed E-state index contributed by atoms with van der Waals surface area (Å²) in [5.41, 5.74) is 1.95. The minimum atomic E-state index is -0.355. The lowest BCUT2D eigenvalue weighted by molar-refractivity contribution is 0.433. The molecule has 0 aliphatic carbocycles. The number of halogens is 2. The van der Waals surface area contributed by atoms with Gasteiger partial charge in [0.05, 0.1) is 0 Å². The van der Waals surface area contributed by atoms with Gasteiger partial charge >= 0.3 is 0 Å². The third kappa shape index (κ3) is 4.55. The maximum absolute atomic E-state index is 13.8. The van der Waals surface area contributed by atoms with E-state index >= 15 is 0 Å². The minimum Gasteiger partial charge on any atom is -0.454 e. The first-order valence-electron chi connectivity index (χ1n) is 6.91. The number of hydrogen-bond donors (Lipinski definition) is 1. The second-order valence-electron chi connectivity index (χ2n) is 5.32. The van der Waals surface area contributed by atoms with E-state index < -0.39 is 0 Å². The molecule has 0 aromatic heterocycles. The zero-order valence-corrected chi connectivity index (χ0v) is 14.0. The average Bonchev–Trinajstić information content (AvgIpc) is 2.43. The first-order chi connectivity index (χ1) is 9.95. The van der Waals surface area contributed by atoms with Gasteiger partial charge < -0.3 is 10.1 Å². The van der Waals surface area contributed by atoms with Gasteiger partial charge in [-0.1, -0.05) is 35.8 Å². The Labute approximate surface area is 133 Å². The summed E-state index contributed by atoms with van der Waals surface area (Å²) in [5, 5.41) is 3.35. The van der Waals surface area contributed by atoms with Gasteiger partial charge in [0, 0.05) is 22.6 Å². The normalized spacial score (nSPS) is 11.0. The molecule has 2 aromatic rings. The maximum Gasteiger partial charge on any atom is 0.165 e. The molecule has 0 heterocycles. The van der Waals surface area contributed by atoms with E-state index in [9.17, 15) is 4.39 Å². The van der Waals surface area contributed by atoms with Crippen molar-refractivity contribution in [3.05, 3.63) is 57.8 Å². The summed E-state index contributed by atoms with van der Waals surface area (Å²) in [6, 6.07) is 11.0. The van der Waals surface area contributed by atoms with E-state index in [0.29, 0.717) is 18.3 Å². The lowest BCUT2D eigenvalue weighted by Crippen LogP contribution is -2.22. The SMILES string of the molecule is Cc1ccc(F)c(Oc2ccc(Br)cc2CNC(C)C)c1. The molecular formula is C17H19BrFNO. The van der Waals surface area contributed by atoms with E-state index in [1.807, 2.05) is 25.1 Å². The molecule has 0 amide bonds. The van der Waals surface area contributed by atoms with Crippen LogP contribution in [0.2, 0.25) is 0 Å². The van der Waals surface area contributed by atoms with Gasteiger partial charge in [-0.2, -0.15) is 0 Å². The van der Waals surface area contributed by atoms with Gasteiger partial charge in [0.1, 0.15) is 5.75 Å². The Balaban J connectivity index is 2.28. The Morgan fingerprint density at radius 3 is 2.62 bits per heavy atom. The van der Waals surface area contributed by atoms with Gasteiger partial charge in [-0.05, 0) is 42.8 Å². The van der Waals surface area contributed by atoms with Crippen molar-refractivity contribution in [2.75, 3.05) is 0 Å². The highest BCUT2D eigenvalue weighted by Gasteiger charge is 2.10. The second-order valence-corrected chi connectivity index (χ2v) is 6.24. The Bertz CT molecular complexity index is 628. The zero-order valence-electron chi connectivity index (χ0n) is 12.4.